The van der Waals surface area contributed by atoms with Gasteiger partial charge in [0.05, 0.1) is 4.90 Å². The summed E-state index contributed by atoms with van der Waals surface area (Å²) in [6, 6.07) is 3.68. The molecule has 0 aromatic heterocycles. The molecule has 26 heavy (non-hydrogen) atoms. The molecule has 1 aromatic carbocycles. The highest BCUT2D eigenvalue weighted by Gasteiger charge is 2.33. The van der Waals surface area contributed by atoms with E-state index < -0.39 is 27.9 Å². The van der Waals surface area contributed by atoms with E-state index in [1.807, 2.05) is 0 Å². The Hall–Kier alpha value is -1.93. The number of carboxylic acid groups (broad SMARTS) is 1. The number of carbonyl (C=O) groups excluding carboxylic acids is 1. The van der Waals surface area contributed by atoms with Crippen LogP contribution in [0.4, 0.5) is 0 Å². The second-order valence-corrected chi connectivity index (χ2v) is 8.32. The van der Waals surface area contributed by atoms with Crippen molar-refractivity contribution < 1.29 is 23.1 Å². The predicted octanol–water partition coefficient (Wildman–Crippen LogP) is 2.10. The van der Waals surface area contributed by atoms with E-state index in [1.165, 1.54) is 15.3 Å². The zero-order valence-electron chi connectivity index (χ0n) is 15.4. The van der Waals surface area contributed by atoms with Crippen molar-refractivity contribution in [1.29, 1.82) is 0 Å². The van der Waals surface area contributed by atoms with Crippen LogP contribution in [0.2, 0.25) is 0 Å². The van der Waals surface area contributed by atoms with E-state index in [0.29, 0.717) is 31.6 Å². The van der Waals surface area contributed by atoms with Crippen LogP contribution >= 0.6 is 0 Å². The molecule has 1 aliphatic rings. The molecule has 0 aliphatic carbocycles. The largest absolute Gasteiger partial charge is 0.480 e. The number of aryl methyl sites for hydroxylation is 1. The number of hydrogen-bond acceptors (Lipinski definition) is 4. The molecule has 0 saturated carbocycles. The Morgan fingerprint density at radius 1 is 1.23 bits per heavy atom. The molecule has 0 spiro atoms. The molecule has 1 fully saturated rings. The molecule has 1 unspecified atom stereocenters. The van der Waals surface area contributed by atoms with E-state index in [4.69, 9.17) is 0 Å². The second kappa shape index (κ2) is 8.18. The molecular weight excluding hydrogens is 356 g/mol. The number of sulfonamides is 1. The standard InChI is InChI=1S/C18H26N2O5S/c1-4-19(5-2)26(24,25)16-12-14(10-9-13(16)3)17(21)20-11-7-6-8-15(20)18(22)23/h9-10,12,15H,4-8,11H2,1-3H3,(H,22,23). The van der Waals surface area contributed by atoms with E-state index in [9.17, 15) is 23.1 Å². The third-order valence-electron chi connectivity index (χ3n) is 4.81. The molecule has 1 saturated heterocycles. The van der Waals surface area contributed by atoms with Crippen molar-refractivity contribution in [3.63, 3.8) is 0 Å². The first-order valence-corrected chi connectivity index (χ1v) is 10.3. The van der Waals surface area contributed by atoms with Crippen molar-refractivity contribution in [2.75, 3.05) is 19.6 Å². The molecule has 1 atom stereocenters. The van der Waals surface area contributed by atoms with Gasteiger partial charge < -0.3 is 10.0 Å². The van der Waals surface area contributed by atoms with Crippen LogP contribution < -0.4 is 0 Å². The fraction of sp³-hybridized carbons (Fsp3) is 0.556. The maximum atomic E-state index is 12.9. The van der Waals surface area contributed by atoms with Gasteiger partial charge in [-0.3, -0.25) is 4.79 Å². The Morgan fingerprint density at radius 3 is 2.46 bits per heavy atom. The van der Waals surface area contributed by atoms with Gasteiger partial charge in [-0.15, -0.1) is 0 Å². The molecule has 144 valence electrons. The first-order valence-electron chi connectivity index (χ1n) is 8.88. The molecule has 0 radical (unpaired) electrons. The normalized spacial score (nSPS) is 18.2. The third-order valence-corrected chi connectivity index (χ3v) is 7.00. The van der Waals surface area contributed by atoms with Crippen molar-refractivity contribution in [3.05, 3.63) is 29.3 Å². The summed E-state index contributed by atoms with van der Waals surface area (Å²) in [5, 5.41) is 9.37. The predicted molar refractivity (Wildman–Crippen MR) is 97.6 cm³/mol. The summed E-state index contributed by atoms with van der Waals surface area (Å²) in [6.07, 6.45) is 1.92. The minimum Gasteiger partial charge on any atom is -0.480 e. The number of carbonyl (C=O) groups is 2. The third kappa shape index (κ3) is 3.91. The fourth-order valence-corrected chi connectivity index (χ4v) is 5.02. The highest BCUT2D eigenvalue weighted by Crippen LogP contribution is 2.24. The minimum absolute atomic E-state index is 0.0935. The lowest BCUT2D eigenvalue weighted by atomic mass is 10.0. The molecule has 1 heterocycles. The van der Waals surface area contributed by atoms with Gasteiger partial charge in [0, 0.05) is 25.2 Å². The van der Waals surface area contributed by atoms with Crippen molar-refractivity contribution in [3.8, 4) is 0 Å². The summed E-state index contributed by atoms with van der Waals surface area (Å²) in [6.45, 7) is 6.24. The van der Waals surface area contributed by atoms with Crippen LogP contribution in [-0.4, -0.2) is 60.3 Å². The SMILES string of the molecule is CCN(CC)S(=O)(=O)c1cc(C(=O)N2CCCCC2C(=O)O)ccc1C. The first-order chi connectivity index (χ1) is 12.2. The number of hydrogen-bond donors (Lipinski definition) is 1. The number of piperidine rings is 1. The number of amides is 1. The molecule has 1 amide bonds. The van der Waals surface area contributed by atoms with Crippen LogP contribution in [-0.2, 0) is 14.8 Å². The average molecular weight is 382 g/mol. The smallest absolute Gasteiger partial charge is 0.326 e. The number of aliphatic carboxylic acids is 1. The molecule has 1 aliphatic heterocycles. The van der Waals surface area contributed by atoms with E-state index in [-0.39, 0.29) is 10.5 Å². The summed E-state index contributed by atoms with van der Waals surface area (Å²) in [5.41, 5.74) is 0.761. The summed E-state index contributed by atoms with van der Waals surface area (Å²) >= 11 is 0. The Kier molecular flexibility index (Phi) is 6.41. The van der Waals surface area contributed by atoms with Crippen molar-refractivity contribution >= 4 is 21.9 Å². The van der Waals surface area contributed by atoms with Crippen LogP contribution in [0.1, 0.15) is 49.0 Å². The van der Waals surface area contributed by atoms with Crippen molar-refractivity contribution in [2.24, 2.45) is 0 Å². The maximum Gasteiger partial charge on any atom is 0.326 e. The summed E-state index contributed by atoms with van der Waals surface area (Å²) < 4.78 is 27.0. The van der Waals surface area contributed by atoms with Gasteiger partial charge in [0.2, 0.25) is 10.0 Å². The monoisotopic (exact) mass is 382 g/mol. The fourth-order valence-electron chi connectivity index (χ4n) is 3.31. The average Bonchev–Trinajstić information content (AvgIpc) is 2.62. The highest BCUT2D eigenvalue weighted by molar-refractivity contribution is 7.89. The second-order valence-electron chi connectivity index (χ2n) is 6.42. The molecule has 8 heteroatoms. The van der Waals surface area contributed by atoms with E-state index >= 15 is 0 Å². The Morgan fingerprint density at radius 2 is 1.88 bits per heavy atom. The van der Waals surface area contributed by atoms with Gasteiger partial charge in [0.1, 0.15) is 6.04 Å². The quantitative estimate of drug-likeness (QED) is 0.813. The molecule has 7 nitrogen and oxygen atoms in total. The van der Waals surface area contributed by atoms with Crippen molar-refractivity contribution in [1.82, 2.24) is 9.21 Å². The van der Waals surface area contributed by atoms with Gasteiger partial charge in [0.25, 0.3) is 5.91 Å². The topological polar surface area (TPSA) is 95.0 Å². The minimum atomic E-state index is -3.70. The van der Waals surface area contributed by atoms with Crippen LogP contribution in [0.15, 0.2) is 23.1 Å². The summed E-state index contributed by atoms with van der Waals surface area (Å²) in [7, 11) is -3.70. The summed E-state index contributed by atoms with van der Waals surface area (Å²) in [4.78, 5) is 25.8. The Bertz CT molecular complexity index is 787. The number of benzene rings is 1. The van der Waals surface area contributed by atoms with Gasteiger partial charge in [-0.1, -0.05) is 19.9 Å². The first kappa shape index (κ1) is 20.4. The molecule has 2 rings (SSSR count). The van der Waals surface area contributed by atoms with Crippen LogP contribution in [0.25, 0.3) is 0 Å². The maximum absolute atomic E-state index is 12.9. The number of rotatable bonds is 6. The van der Waals surface area contributed by atoms with Gasteiger partial charge >= 0.3 is 5.97 Å². The van der Waals surface area contributed by atoms with Gasteiger partial charge in [-0.2, -0.15) is 4.31 Å². The molecule has 1 aromatic rings. The Labute approximate surface area is 154 Å². The van der Waals surface area contributed by atoms with Crippen LogP contribution in [0, 0.1) is 6.92 Å². The van der Waals surface area contributed by atoms with Crippen LogP contribution in [0.3, 0.4) is 0 Å². The lowest BCUT2D eigenvalue weighted by Gasteiger charge is -2.33. The molecular formula is C18H26N2O5S. The van der Waals surface area contributed by atoms with E-state index in [0.717, 1.165) is 12.8 Å². The zero-order valence-corrected chi connectivity index (χ0v) is 16.3. The summed E-state index contributed by atoms with van der Waals surface area (Å²) in [5.74, 6) is -1.46. The van der Waals surface area contributed by atoms with Crippen LogP contribution in [0.5, 0.6) is 0 Å². The lowest BCUT2D eigenvalue weighted by molar-refractivity contribution is -0.143. The lowest BCUT2D eigenvalue weighted by Crippen LogP contribution is -2.48. The van der Waals surface area contributed by atoms with E-state index in [1.54, 1.807) is 32.9 Å². The number of likely N-dealkylation sites (tertiary alicyclic amines) is 1. The van der Waals surface area contributed by atoms with Gasteiger partial charge in [0.15, 0.2) is 0 Å². The zero-order chi connectivity index (χ0) is 19.5. The molecule has 1 N–H and O–H groups in total. The van der Waals surface area contributed by atoms with E-state index in [2.05, 4.69) is 0 Å². The number of carboxylic acids is 1. The highest BCUT2D eigenvalue weighted by atomic mass is 32.2. The van der Waals surface area contributed by atoms with Crippen molar-refractivity contribution in [2.45, 2.75) is 51.0 Å². The Balaban J connectivity index is 2.43. The van der Waals surface area contributed by atoms with Gasteiger partial charge in [-0.25, -0.2) is 13.2 Å². The number of nitrogens with zero attached hydrogens (tertiary/aromatic N) is 2. The van der Waals surface area contributed by atoms with Gasteiger partial charge in [-0.05, 0) is 43.9 Å². The molecule has 0 bridgehead atoms.